The highest BCUT2D eigenvalue weighted by Crippen LogP contribution is 2.23. The van der Waals surface area contributed by atoms with Crippen LogP contribution in [0.2, 0.25) is 0 Å². The zero-order valence-electron chi connectivity index (χ0n) is 14.3. The van der Waals surface area contributed by atoms with Crippen molar-refractivity contribution in [2.24, 2.45) is 0 Å². The van der Waals surface area contributed by atoms with Gasteiger partial charge in [-0.05, 0) is 50.3 Å². The second kappa shape index (κ2) is 8.20. The summed E-state index contributed by atoms with van der Waals surface area (Å²) in [6, 6.07) is 7.70. The number of anilines is 2. The standard InChI is InChI=1S/C18H29N3O2/c1-3-18(4-2,14-22)20-17(23)19-15-9-8-10-16(13-15)21-11-6-5-7-12-21/h8-10,13,22H,3-7,11-12,14H2,1-2H3,(H2,19,20,23). The van der Waals surface area contributed by atoms with Gasteiger partial charge in [0.2, 0.25) is 0 Å². The molecule has 23 heavy (non-hydrogen) atoms. The second-order valence-corrected chi connectivity index (χ2v) is 6.32. The molecule has 2 amide bonds. The fourth-order valence-corrected chi connectivity index (χ4v) is 3.03. The van der Waals surface area contributed by atoms with E-state index in [2.05, 4.69) is 21.6 Å². The predicted octanol–water partition coefficient (Wildman–Crippen LogP) is 3.35. The van der Waals surface area contributed by atoms with Crippen LogP contribution in [-0.4, -0.2) is 36.4 Å². The van der Waals surface area contributed by atoms with Crippen LogP contribution in [0.25, 0.3) is 0 Å². The molecule has 0 bridgehead atoms. The number of benzene rings is 1. The lowest BCUT2D eigenvalue weighted by Crippen LogP contribution is -2.52. The molecule has 0 spiro atoms. The first kappa shape index (κ1) is 17.6. The Kier molecular flexibility index (Phi) is 6.28. The molecule has 1 fully saturated rings. The molecule has 3 N–H and O–H groups in total. The first-order chi connectivity index (χ1) is 11.1. The Morgan fingerprint density at radius 1 is 1.22 bits per heavy atom. The van der Waals surface area contributed by atoms with Crippen molar-refractivity contribution >= 4 is 17.4 Å². The van der Waals surface area contributed by atoms with Gasteiger partial charge in [-0.1, -0.05) is 19.9 Å². The summed E-state index contributed by atoms with van der Waals surface area (Å²) in [6.45, 7) is 6.04. The second-order valence-electron chi connectivity index (χ2n) is 6.32. The summed E-state index contributed by atoms with van der Waals surface area (Å²) in [5.41, 5.74) is 1.39. The molecule has 5 nitrogen and oxygen atoms in total. The number of piperidine rings is 1. The van der Waals surface area contributed by atoms with E-state index in [0.717, 1.165) is 24.5 Å². The van der Waals surface area contributed by atoms with Crippen molar-refractivity contribution in [3.05, 3.63) is 24.3 Å². The average Bonchev–Trinajstić information content (AvgIpc) is 2.61. The zero-order chi connectivity index (χ0) is 16.7. The molecule has 0 saturated carbocycles. The van der Waals surface area contributed by atoms with Gasteiger partial charge in [0.05, 0.1) is 12.1 Å². The summed E-state index contributed by atoms with van der Waals surface area (Å²) in [4.78, 5) is 14.6. The molecule has 0 aliphatic carbocycles. The molecule has 0 radical (unpaired) electrons. The maximum Gasteiger partial charge on any atom is 0.319 e. The number of carbonyl (C=O) groups excluding carboxylic acids is 1. The van der Waals surface area contributed by atoms with Crippen LogP contribution in [0.3, 0.4) is 0 Å². The van der Waals surface area contributed by atoms with E-state index in [1.807, 2.05) is 32.0 Å². The summed E-state index contributed by atoms with van der Waals surface area (Å²) in [5.74, 6) is 0. The number of urea groups is 1. The minimum absolute atomic E-state index is 0.0543. The fourth-order valence-electron chi connectivity index (χ4n) is 3.03. The first-order valence-electron chi connectivity index (χ1n) is 8.67. The van der Waals surface area contributed by atoms with Gasteiger partial charge in [0, 0.05) is 24.5 Å². The van der Waals surface area contributed by atoms with Crippen LogP contribution in [0.5, 0.6) is 0 Å². The van der Waals surface area contributed by atoms with Crippen molar-refractivity contribution < 1.29 is 9.90 Å². The van der Waals surface area contributed by atoms with Crippen LogP contribution >= 0.6 is 0 Å². The van der Waals surface area contributed by atoms with Crippen molar-refractivity contribution in [2.45, 2.75) is 51.5 Å². The van der Waals surface area contributed by atoms with Crippen LogP contribution in [0.15, 0.2) is 24.3 Å². The van der Waals surface area contributed by atoms with E-state index in [1.54, 1.807) is 0 Å². The summed E-state index contributed by atoms with van der Waals surface area (Å²) < 4.78 is 0. The number of aliphatic hydroxyl groups excluding tert-OH is 1. The summed E-state index contributed by atoms with van der Waals surface area (Å²) in [7, 11) is 0. The molecule has 1 aromatic rings. The Bertz CT molecular complexity index is 500. The lowest BCUT2D eigenvalue weighted by atomic mass is 9.94. The number of carbonyl (C=O) groups is 1. The highest BCUT2D eigenvalue weighted by Gasteiger charge is 2.27. The third-order valence-electron chi connectivity index (χ3n) is 4.86. The SMILES string of the molecule is CCC(CC)(CO)NC(=O)Nc1cccc(N2CCCCC2)c1. The normalized spacial score (nSPS) is 15.3. The molecule has 1 aromatic carbocycles. The van der Waals surface area contributed by atoms with E-state index >= 15 is 0 Å². The van der Waals surface area contributed by atoms with Crippen molar-refractivity contribution in [3.63, 3.8) is 0 Å². The smallest absolute Gasteiger partial charge is 0.319 e. The summed E-state index contributed by atoms with van der Waals surface area (Å²) >= 11 is 0. The molecule has 1 saturated heterocycles. The van der Waals surface area contributed by atoms with Gasteiger partial charge in [0.15, 0.2) is 0 Å². The Balaban J connectivity index is 2.00. The van der Waals surface area contributed by atoms with Gasteiger partial charge in [-0.15, -0.1) is 0 Å². The number of hydrogen-bond acceptors (Lipinski definition) is 3. The largest absolute Gasteiger partial charge is 0.394 e. The van der Waals surface area contributed by atoms with Crippen molar-refractivity contribution in [2.75, 3.05) is 29.9 Å². The minimum atomic E-state index is -0.547. The molecular formula is C18H29N3O2. The van der Waals surface area contributed by atoms with Crippen LogP contribution < -0.4 is 15.5 Å². The molecule has 1 aliphatic heterocycles. The van der Waals surface area contributed by atoms with Crippen LogP contribution in [0.4, 0.5) is 16.2 Å². The lowest BCUT2D eigenvalue weighted by molar-refractivity contribution is 0.155. The average molecular weight is 319 g/mol. The zero-order valence-corrected chi connectivity index (χ0v) is 14.3. The molecule has 0 aromatic heterocycles. The highest BCUT2D eigenvalue weighted by molar-refractivity contribution is 5.90. The molecule has 2 rings (SSSR count). The number of aliphatic hydroxyl groups is 1. The number of amides is 2. The molecule has 128 valence electrons. The molecule has 1 heterocycles. The maximum absolute atomic E-state index is 12.2. The lowest BCUT2D eigenvalue weighted by Gasteiger charge is -2.31. The number of nitrogens with one attached hydrogen (secondary N) is 2. The monoisotopic (exact) mass is 319 g/mol. The van der Waals surface area contributed by atoms with Crippen LogP contribution in [0, 0.1) is 0 Å². The van der Waals surface area contributed by atoms with Crippen molar-refractivity contribution in [3.8, 4) is 0 Å². The van der Waals surface area contributed by atoms with Gasteiger partial charge in [-0.3, -0.25) is 0 Å². The Morgan fingerprint density at radius 2 is 1.91 bits per heavy atom. The van der Waals surface area contributed by atoms with Gasteiger partial charge in [0.1, 0.15) is 0 Å². The maximum atomic E-state index is 12.2. The number of hydrogen-bond donors (Lipinski definition) is 3. The van der Waals surface area contributed by atoms with E-state index in [-0.39, 0.29) is 12.6 Å². The quantitative estimate of drug-likeness (QED) is 0.753. The van der Waals surface area contributed by atoms with E-state index in [1.165, 1.54) is 19.3 Å². The molecule has 0 atom stereocenters. The van der Waals surface area contributed by atoms with E-state index in [4.69, 9.17) is 0 Å². The van der Waals surface area contributed by atoms with Crippen molar-refractivity contribution in [1.29, 1.82) is 0 Å². The number of nitrogens with zero attached hydrogens (tertiary/aromatic N) is 1. The predicted molar refractivity (Wildman–Crippen MR) is 95.1 cm³/mol. The van der Waals surface area contributed by atoms with E-state index in [0.29, 0.717) is 12.8 Å². The van der Waals surface area contributed by atoms with Gasteiger partial charge in [-0.25, -0.2) is 4.79 Å². The Hall–Kier alpha value is -1.75. The summed E-state index contributed by atoms with van der Waals surface area (Å²) in [6.07, 6.45) is 5.14. The fraction of sp³-hybridized carbons (Fsp3) is 0.611. The van der Waals surface area contributed by atoms with Gasteiger partial charge in [-0.2, -0.15) is 0 Å². The molecule has 5 heteroatoms. The van der Waals surface area contributed by atoms with Crippen molar-refractivity contribution in [1.82, 2.24) is 5.32 Å². The minimum Gasteiger partial charge on any atom is -0.394 e. The third kappa shape index (κ3) is 4.61. The Labute approximate surface area is 139 Å². The van der Waals surface area contributed by atoms with Gasteiger partial charge < -0.3 is 20.6 Å². The van der Waals surface area contributed by atoms with E-state index < -0.39 is 5.54 Å². The molecule has 1 aliphatic rings. The van der Waals surface area contributed by atoms with E-state index in [9.17, 15) is 9.90 Å². The van der Waals surface area contributed by atoms with Gasteiger partial charge >= 0.3 is 6.03 Å². The topological polar surface area (TPSA) is 64.6 Å². The molecular weight excluding hydrogens is 290 g/mol. The molecule has 0 unspecified atom stereocenters. The summed E-state index contributed by atoms with van der Waals surface area (Å²) in [5, 5.41) is 15.4. The highest BCUT2D eigenvalue weighted by atomic mass is 16.3. The van der Waals surface area contributed by atoms with Crippen LogP contribution in [0.1, 0.15) is 46.0 Å². The van der Waals surface area contributed by atoms with Crippen LogP contribution in [-0.2, 0) is 0 Å². The Morgan fingerprint density at radius 3 is 2.52 bits per heavy atom. The first-order valence-corrected chi connectivity index (χ1v) is 8.67. The van der Waals surface area contributed by atoms with Gasteiger partial charge in [0.25, 0.3) is 0 Å². The third-order valence-corrected chi connectivity index (χ3v) is 4.86. The number of rotatable bonds is 6.